The average Bonchev–Trinajstić information content (AvgIpc) is 3.13. The van der Waals surface area contributed by atoms with Gasteiger partial charge in [0.2, 0.25) is 0 Å². The summed E-state index contributed by atoms with van der Waals surface area (Å²) < 4.78 is 2.13. The van der Waals surface area contributed by atoms with E-state index in [-0.39, 0.29) is 28.7 Å². The largest absolute Gasteiger partial charge is 0.347 e. The molecule has 35 heavy (non-hydrogen) atoms. The molecule has 1 aromatic heterocycles. The molecule has 3 saturated carbocycles. The standard InChI is InChI=1S/C29H30N4O2/c1-28-14-13-20-23(28)29(20,2)27(28)31-25(34)22-21-17-32(26(35)19-11-7-4-8-12-19)15-16-33(21)24(30-22)18-9-5-3-6-10-18/h3-12,20,23,27H,13-17H2,1-2H3,(H,31,34). The van der Waals surface area contributed by atoms with Crippen molar-refractivity contribution in [1.29, 1.82) is 0 Å². The molecule has 3 aliphatic carbocycles. The van der Waals surface area contributed by atoms with Crippen LogP contribution in [0.5, 0.6) is 0 Å². The van der Waals surface area contributed by atoms with Crippen molar-refractivity contribution in [2.75, 3.05) is 6.54 Å². The van der Waals surface area contributed by atoms with Crippen LogP contribution in [0.2, 0.25) is 0 Å². The van der Waals surface area contributed by atoms with Crippen LogP contribution < -0.4 is 5.32 Å². The van der Waals surface area contributed by atoms with Gasteiger partial charge >= 0.3 is 0 Å². The Morgan fingerprint density at radius 1 is 1.00 bits per heavy atom. The van der Waals surface area contributed by atoms with Crippen LogP contribution in [0.25, 0.3) is 11.4 Å². The van der Waals surface area contributed by atoms with Crippen LogP contribution >= 0.6 is 0 Å². The molecule has 5 unspecified atom stereocenters. The molecule has 6 nitrogen and oxygen atoms in total. The summed E-state index contributed by atoms with van der Waals surface area (Å²) in [5.41, 5.74) is 3.40. The first kappa shape index (κ1) is 20.9. The van der Waals surface area contributed by atoms with E-state index < -0.39 is 0 Å². The molecule has 6 heteroatoms. The SMILES string of the molecule is CC12CCC3C1C3(C)C2NC(=O)c1nc(-c2ccccc2)n2c1CN(C(=O)c1ccccc1)CC2. The Balaban J connectivity index is 1.23. The normalized spacial score (nSPS) is 31.8. The second-order valence-corrected chi connectivity index (χ2v) is 11.2. The number of fused-ring (bicyclic) bond motifs is 2. The molecule has 7 rings (SSSR count). The van der Waals surface area contributed by atoms with E-state index in [9.17, 15) is 9.59 Å². The highest BCUT2D eigenvalue weighted by Crippen LogP contribution is 2.86. The van der Waals surface area contributed by atoms with Crippen LogP contribution in [0, 0.1) is 22.7 Å². The van der Waals surface area contributed by atoms with E-state index in [1.165, 1.54) is 12.8 Å². The van der Waals surface area contributed by atoms with Gasteiger partial charge < -0.3 is 14.8 Å². The summed E-state index contributed by atoms with van der Waals surface area (Å²) in [4.78, 5) is 33.7. The zero-order valence-corrected chi connectivity index (χ0v) is 20.2. The first-order chi connectivity index (χ1) is 16.9. The van der Waals surface area contributed by atoms with Crippen molar-refractivity contribution in [1.82, 2.24) is 19.8 Å². The fraction of sp³-hybridized carbons (Fsp3) is 0.414. The van der Waals surface area contributed by atoms with Crippen molar-refractivity contribution >= 4 is 11.8 Å². The number of benzene rings is 2. The Labute approximate surface area is 205 Å². The Kier molecular flexibility index (Phi) is 4.22. The molecule has 1 N–H and O–H groups in total. The third kappa shape index (κ3) is 2.74. The second kappa shape index (κ2) is 7.06. The number of nitrogens with zero attached hydrogens (tertiary/aromatic N) is 3. The van der Waals surface area contributed by atoms with Gasteiger partial charge in [0.25, 0.3) is 11.8 Å². The van der Waals surface area contributed by atoms with Crippen molar-refractivity contribution in [2.45, 2.75) is 45.8 Å². The molecule has 0 saturated heterocycles. The number of imidazole rings is 1. The molecule has 0 bridgehead atoms. The van der Waals surface area contributed by atoms with Crippen LogP contribution in [0.4, 0.5) is 0 Å². The highest BCUT2D eigenvalue weighted by Gasteiger charge is 2.86. The fourth-order valence-electron chi connectivity index (χ4n) is 8.04. The van der Waals surface area contributed by atoms with Gasteiger partial charge in [-0.25, -0.2) is 4.98 Å². The van der Waals surface area contributed by atoms with Crippen LogP contribution in [0.3, 0.4) is 0 Å². The summed E-state index contributed by atoms with van der Waals surface area (Å²) in [6.45, 7) is 6.25. The van der Waals surface area contributed by atoms with Crippen LogP contribution in [0.15, 0.2) is 60.7 Å². The van der Waals surface area contributed by atoms with Crippen molar-refractivity contribution in [3.63, 3.8) is 0 Å². The first-order valence-electron chi connectivity index (χ1n) is 12.7. The Bertz CT molecular complexity index is 1350. The maximum atomic E-state index is 13.7. The van der Waals surface area contributed by atoms with E-state index in [4.69, 9.17) is 4.98 Å². The summed E-state index contributed by atoms with van der Waals surface area (Å²) in [6, 6.07) is 19.6. The van der Waals surface area contributed by atoms with E-state index in [1.54, 1.807) is 0 Å². The summed E-state index contributed by atoms with van der Waals surface area (Å²) in [5.74, 6) is 2.20. The van der Waals surface area contributed by atoms with E-state index in [2.05, 4.69) is 23.7 Å². The van der Waals surface area contributed by atoms with E-state index in [0.29, 0.717) is 30.9 Å². The van der Waals surface area contributed by atoms with Crippen LogP contribution in [-0.4, -0.2) is 38.9 Å². The van der Waals surface area contributed by atoms with Gasteiger partial charge in [0, 0.05) is 30.3 Å². The number of nitrogens with one attached hydrogen (secondary N) is 1. The molecule has 2 aromatic carbocycles. The maximum absolute atomic E-state index is 13.7. The van der Waals surface area contributed by atoms with E-state index in [1.807, 2.05) is 65.6 Å². The van der Waals surface area contributed by atoms with Gasteiger partial charge in [-0.3, -0.25) is 9.59 Å². The molecule has 0 spiro atoms. The third-order valence-corrected chi connectivity index (χ3v) is 9.59. The molecule has 2 amide bonds. The molecular weight excluding hydrogens is 436 g/mol. The molecule has 4 aliphatic rings. The van der Waals surface area contributed by atoms with Crippen LogP contribution in [0.1, 0.15) is 53.2 Å². The topological polar surface area (TPSA) is 67.2 Å². The van der Waals surface area contributed by atoms with Gasteiger partial charge in [-0.15, -0.1) is 0 Å². The number of carbonyl (C=O) groups excluding carboxylic acids is 2. The van der Waals surface area contributed by atoms with Gasteiger partial charge in [0.1, 0.15) is 5.82 Å². The number of carbonyl (C=O) groups is 2. The number of amides is 2. The second-order valence-electron chi connectivity index (χ2n) is 11.2. The summed E-state index contributed by atoms with van der Waals surface area (Å²) >= 11 is 0. The van der Waals surface area contributed by atoms with Crippen molar-refractivity contribution in [2.24, 2.45) is 22.7 Å². The highest BCUT2D eigenvalue weighted by molar-refractivity contribution is 5.96. The number of hydrogen-bond donors (Lipinski definition) is 1. The predicted molar refractivity (Wildman–Crippen MR) is 133 cm³/mol. The molecule has 2 heterocycles. The fourth-order valence-corrected chi connectivity index (χ4v) is 8.04. The predicted octanol–water partition coefficient (Wildman–Crippen LogP) is 4.37. The molecule has 3 aromatic rings. The maximum Gasteiger partial charge on any atom is 0.272 e. The van der Waals surface area contributed by atoms with Gasteiger partial charge in [-0.2, -0.15) is 0 Å². The summed E-state index contributed by atoms with van der Waals surface area (Å²) in [7, 11) is 0. The lowest BCUT2D eigenvalue weighted by Crippen LogP contribution is -2.61. The van der Waals surface area contributed by atoms with Crippen molar-refractivity contribution in [3.05, 3.63) is 77.6 Å². The smallest absolute Gasteiger partial charge is 0.272 e. The lowest BCUT2D eigenvalue weighted by Gasteiger charge is -2.52. The average molecular weight is 467 g/mol. The lowest BCUT2D eigenvalue weighted by molar-refractivity contribution is -0.00178. The third-order valence-electron chi connectivity index (χ3n) is 9.59. The van der Waals surface area contributed by atoms with E-state index >= 15 is 0 Å². The zero-order valence-electron chi connectivity index (χ0n) is 20.2. The number of rotatable bonds is 4. The lowest BCUT2D eigenvalue weighted by atomic mass is 9.57. The monoisotopic (exact) mass is 466 g/mol. The summed E-state index contributed by atoms with van der Waals surface area (Å²) in [6.07, 6.45) is 2.48. The minimum Gasteiger partial charge on any atom is -0.347 e. The van der Waals surface area contributed by atoms with Crippen molar-refractivity contribution < 1.29 is 9.59 Å². The van der Waals surface area contributed by atoms with Gasteiger partial charge in [-0.05, 0) is 47.6 Å². The molecule has 0 radical (unpaired) electrons. The molecular formula is C29H30N4O2. The van der Waals surface area contributed by atoms with Crippen molar-refractivity contribution in [3.8, 4) is 11.4 Å². The highest BCUT2D eigenvalue weighted by atomic mass is 16.2. The quantitative estimate of drug-likeness (QED) is 0.621. The molecule has 5 atom stereocenters. The Morgan fingerprint density at radius 3 is 2.40 bits per heavy atom. The van der Waals surface area contributed by atoms with Gasteiger partial charge in [-0.1, -0.05) is 62.4 Å². The van der Waals surface area contributed by atoms with Gasteiger partial charge in [0.05, 0.1) is 12.2 Å². The van der Waals surface area contributed by atoms with Gasteiger partial charge in [0.15, 0.2) is 5.69 Å². The number of hydrogen-bond acceptors (Lipinski definition) is 3. The molecule has 3 fully saturated rings. The first-order valence-corrected chi connectivity index (χ1v) is 12.7. The Hall–Kier alpha value is -3.41. The number of aromatic nitrogens is 2. The molecule has 178 valence electrons. The Morgan fingerprint density at radius 2 is 1.71 bits per heavy atom. The minimum absolute atomic E-state index is 0.0113. The van der Waals surface area contributed by atoms with Crippen LogP contribution in [-0.2, 0) is 13.1 Å². The molecule has 1 aliphatic heterocycles. The minimum atomic E-state index is -0.103. The zero-order chi connectivity index (χ0) is 23.9. The van der Waals surface area contributed by atoms with E-state index in [0.717, 1.165) is 28.9 Å². The summed E-state index contributed by atoms with van der Waals surface area (Å²) in [5, 5.41) is 3.41.